The van der Waals surface area contributed by atoms with E-state index in [-0.39, 0.29) is 5.69 Å². The second-order valence-corrected chi connectivity index (χ2v) is 5.12. The number of benzene rings is 2. The lowest BCUT2D eigenvalue weighted by Crippen LogP contribution is -1.98. The van der Waals surface area contributed by atoms with E-state index in [1.54, 1.807) is 24.3 Å². The van der Waals surface area contributed by atoms with Crippen molar-refractivity contribution in [3.05, 3.63) is 63.4 Å². The molecule has 0 N–H and O–H groups in total. The highest BCUT2D eigenvalue weighted by atomic mass is 35.5. The number of ether oxygens (including phenoxy) is 1. The lowest BCUT2D eigenvalue weighted by atomic mass is 10.2. The van der Waals surface area contributed by atoms with Gasteiger partial charge >= 0.3 is 0 Å². The number of aryl methyl sites for hydroxylation is 1. The number of halogens is 1. The molecule has 2 aromatic carbocycles. The summed E-state index contributed by atoms with van der Waals surface area (Å²) < 4.78 is 7.01. The first-order chi connectivity index (χ1) is 11.0. The molecule has 0 aliphatic carbocycles. The first kappa shape index (κ1) is 14.9. The fourth-order valence-corrected chi connectivity index (χ4v) is 2.08. The third kappa shape index (κ3) is 3.27. The zero-order valence-electron chi connectivity index (χ0n) is 11.9. The van der Waals surface area contributed by atoms with Gasteiger partial charge in [0.25, 0.3) is 5.69 Å². The lowest BCUT2D eigenvalue weighted by molar-refractivity contribution is -0.384. The zero-order chi connectivity index (χ0) is 16.4. The zero-order valence-corrected chi connectivity index (χ0v) is 12.6. The number of rotatable bonds is 4. The van der Waals surface area contributed by atoms with Gasteiger partial charge in [-0.1, -0.05) is 11.6 Å². The van der Waals surface area contributed by atoms with Gasteiger partial charge in [-0.15, -0.1) is 5.10 Å². The molecule has 9 heteroatoms. The van der Waals surface area contributed by atoms with Crippen LogP contribution in [0.4, 0.5) is 5.69 Å². The molecule has 0 atom stereocenters. The van der Waals surface area contributed by atoms with Crippen molar-refractivity contribution in [2.24, 2.45) is 0 Å². The van der Waals surface area contributed by atoms with Gasteiger partial charge in [0.2, 0.25) is 0 Å². The molecule has 0 unspecified atom stereocenters. The van der Waals surface area contributed by atoms with E-state index in [4.69, 9.17) is 16.3 Å². The van der Waals surface area contributed by atoms with Crippen LogP contribution in [0.15, 0.2) is 42.7 Å². The first-order valence-electron chi connectivity index (χ1n) is 6.50. The molecule has 0 aliphatic rings. The maximum atomic E-state index is 11.1. The van der Waals surface area contributed by atoms with Crippen LogP contribution in [0.1, 0.15) is 5.56 Å². The van der Waals surface area contributed by atoms with Crippen molar-refractivity contribution in [1.82, 2.24) is 20.2 Å². The third-order valence-electron chi connectivity index (χ3n) is 3.07. The van der Waals surface area contributed by atoms with E-state index in [0.717, 1.165) is 5.56 Å². The van der Waals surface area contributed by atoms with Crippen molar-refractivity contribution >= 4 is 17.3 Å². The summed E-state index contributed by atoms with van der Waals surface area (Å²) in [5, 5.41) is 22.5. The topological polar surface area (TPSA) is 96.0 Å². The molecule has 0 radical (unpaired) electrons. The number of hydrogen-bond donors (Lipinski definition) is 0. The van der Waals surface area contributed by atoms with Gasteiger partial charge in [-0.2, -0.15) is 0 Å². The SMILES string of the molecule is Cc1cc(Oc2cc(-n3cnnn3)cc([N+](=O)[O-])c2)ccc1Cl. The molecule has 3 aromatic rings. The van der Waals surface area contributed by atoms with Gasteiger partial charge in [0.1, 0.15) is 17.8 Å². The highest BCUT2D eigenvalue weighted by Crippen LogP contribution is 2.30. The van der Waals surface area contributed by atoms with Gasteiger partial charge in [-0.05, 0) is 41.1 Å². The molecule has 0 spiro atoms. The summed E-state index contributed by atoms with van der Waals surface area (Å²) >= 11 is 5.97. The summed E-state index contributed by atoms with van der Waals surface area (Å²) in [7, 11) is 0. The molecule has 0 saturated heterocycles. The number of nitro benzene ring substituents is 1. The van der Waals surface area contributed by atoms with E-state index in [9.17, 15) is 10.1 Å². The molecule has 3 rings (SSSR count). The Morgan fingerprint density at radius 1 is 1.22 bits per heavy atom. The minimum atomic E-state index is -0.506. The van der Waals surface area contributed by atoms with Crippen LogP contribution in [0.5, 0.6) is 11.5 Å². The van der Waals surface area contributed by atoms with Crippen LogP contribution in [0, 0.1) is 17.0 Å². The Labute approximate surface area is 135 Å². The molecule has 0 fully saturated rings. The lowest BCUT2D eigenvalue weighted by Gasteiger charge is -2.09. The second kappa shape index (κ2) is 6.01. The number of aromatic nitrogens is 4. The van der Waals surface area contributed by atoms with Crippen LogP contribution >= 0.6 is 11.6 Å². The Morgan fingerprint density at radius 2 is 2.04 bits per heavy atom. The number of nitrogens with zero attached hydrogens (tertiary/aromatic N) is 5. The molecule has 23 heavy (non-hydrogen) atoms. The molecular formula is C14H10ClN5O3. The van der Waals surface area contributed by atoms with Gasteiger partial charge in [0.15, 0.2) is 0 Å². The van der Waals surface area contributed by atoms with E-state index in [0.29, 0.717) is 22.2 Å². The quantitative estimate of drug-likeness (QED) is 0.537. The van der Waals surface area contributed by atoms with E-state index >= 15 is 0 Å². The summed E-state index contributed by atoms with van der Waals surface area (Å²) in [5.41, 5.74) is 1.14. The Balaban J connectivity index is 2.00. The summed E-state index contributed by atoms with van der Waals surface area (Å²) in [6.07, 6.45) is 1.34. The summed E-state index contributed by atoms with van der Waals surface area (Å²) in [4.78, 5) is 10.6. The standard InChI is InChI=1S/C14H10ClN5O3/c1-9-4-12(2-3-14(9)15)23-13-6-10(19-8-16-17-18-19)5-11(7-13)20(21)22/h2-8H,1H3. The van der Waals surface area contributed by atoms with E-state index < -0.39 is 4.92 Å². The fraction of sp³-hybridized carbons (Fsp3) is 0.0714. The number of tetrazole rings is 1. The Hall–Kier alpha value is -3.00. The fourth-order valence-electron chi connectivity index (χ4n) is 1.96. The van der Waals surface area contributed by atoms with Gasteiger partial charge in [0, 0.05) is 17.2 Å². The third-order valence-corrected chi connectivity index (χ3v) is 3.49. The molecular weight excluding hydrogens is 322 g/mol. The first-order valence-corrected chi connectivity index (χ1v) is 6.87. The highest BCUT2D eigenvalue weighted by Gasteiger charge is 2.13. The van der Waals surface area contributed by atoms with Crippen LogP contribution in [0.25, 0.3) is 5.69 Å². The molecule has 0 amide bonds. The number of non-ortho nitro benzene ring substituents is 1. The number of hydrogen-bond acceptors (Lipinski definition) is 6. The maximum Gasteiger partial charge on any atom is 0.275 e. The Morgan fingerprint density at radius 3 is 2.70 bits per heavy atom. The summed E-state index contributed by atoms with van der Waals surface area (Å²) in [6, 6.07) is 9.43. The van der Waals surface area contributed by atoms with Crippen LogP contribution in [-0.2, 0) is 0 Å². The minimum Gasteiger partial charge on any atom is -0.457 e. The van der Waals surface area contributed by atoms with Crippen molar-refractivity contribution in [1.29, 1.82) is 0 Å². The average Bonchev–Trinajstić information content (AvgIpc) is 3.05. The predicted molar refractivity (Wildman–Crippen MR) is 82.1 cm³/mol. The molecule has 0 aliphatic heterocycles. The largest absolute Gasteiger partial charge is 0.457 e. The van der Waals surface area contributed by atoms with Crippen LogP contribution in [0.3, 0.4) is 0 Å². The number of nitro groups is 1. The molecule has 0 bridgehead atoms. The van der Waals surface area contributed by atoms with E-state index in [2.05, 4.69) is 15.5 Å². The minimum absolute atomic E-state index is 0.126. The molecule has 1 aromatic heterocycles. The van der Waals surface area contributed by atoms with Crippen molar-refractivity contribution in [3.63, 3.8) is 0 Å². The normalized spacial score (nSPS) is 10.5. The van der Waals surface area contributed by atoms with Crippen molar-refractivity contribution in [2.75, 3.05) is 0 Å². The Bertz CT molecular complexity index is 867. The van der Waals surface area contributed by atoms with Crippen LogP contribution in [0.2, 0.25) is 5.02 Å². The molecule has 0 saturated carbocycles. The van der Waals surface area contributed by atoms with Gasteiger partial charge in [-0.25, -0.2) is 4.68 Å². The van der Waals surface area contributed by atoms with Crippen LogP contribution in [-0.4, -0.2) is 25.1 Å². The van der Waals surface area contributed by atoms with E-state index in [1.165, 1.54) is 23.1 Å². The maximum absolute atomic E-state index is 11.1. The highest BCUT2D eigenvalue weighted by molar-refractivity contribution is 6.31. The van der Waals surface area contributed by atoms with E-state index in [1.807, 2.05) is 6.92 Å². The monoisotopic (exact) mass is 331 g/mol. The van der Waals surface area contributed by atoms with Gasteiger partial charge < -0.3 is 4.74 Å². The van der Waals surface area contributed by atoms with Gasteiger partial charge in [-0.3, -0.25) is 10.1 Å². The van der Waals surface area contributed by atoms with Gasteiger partial charge in [0.05, 0.1) is 16.7 Å². The van der Waals surface area contributed by atoms with Crippen molar-refractivity contribution in [3.8, 4) is 17.2 Å². The molecule has 8 nitrogen and oxygen atoms in total. The smallest absolute Gasteiger partial charge is 0.275 e. The summed E-state index contributed by atoms with van der Waals surface area (Å²) in [5.74, 6) is 0.821. The summed E-state index contributed by atoms with van der Waals surface area (Å²) in [6.45, 7) is 1.84. The Kier molecular flexibility index (Phi) is 3.90. The molecule has 1 heterocycles. The van der Waals surface area contributed by atoms with Crippen LogP contribution < -0.4 is 4.74 Å². The van der Waals surface area contributed by atoms with Crippen molar-refractivity contribution < 1.29 is 9.66 Å². The molecule has 116 valence electrons. The predicted octanol–water partition coefficient (Wildman–Crippen LogP) is 3.32. The average molecular weight is 332 g/mol. The second-order valence-electron chi connectivity index (χ2n) is 4.71. The van der Waals surface area contributed by atoms with Crippen molar-refractivity contribution in [2.45, 2.75) is 6.92 Å².